The Morgan fingerprint density at radius 3 is 2.45 bits per heavy atom. The van der Waals surface area contributed by atoms with Crippen LogP contribution in [0.5, 0.6) is 5.75 Å². The van der Waals surface area contributed by atoms with Gasteiger partial charge in [0.1, 0.15) is 12.3 Å². The van der Waals surface area contributed by atoms with Gasteiger partial charge in [-0.3, -0.25) is 0 Å². The first-order valence-electron chi connectivity index (χ1n) is 12.9. The average molecular weight is 578 g/mol. The summed E-state index contributed by atoms with van der Waals surface area (Å²) in [6, 6.07) is 11.9. The maximum atomic E-state index is 13.5. The normalized spacial score (nSPS) is 17.9. The molecule has 2 aromatic carbocycles. The monoisotopic (exact) mass is 577 g/mol. The number of halogens is 3. The van der Waals surface area contributed by atoms with E-state index in [1.54, 1.807) is 18.2 Å². The lowest BCUT2D eigenvalue weighted by molar-refractivity contribution is -0.140. The molecule has 4 rings (SSSR count). The molecule has 1 aliphatic rings. The van der Waals surface area contributed by atoms with E-state index in [9.17, 15) is 21.6 Å². The van der Waals surface area contributed by atoms with E-state index in [1.807, 2.05) is 6.07 Å². The topological polar surface area (TPSA) is 102 Å². The highest BCUT2D eigenvalue weighted by molar-refractivity contribution is 7.89. The van der Waals surface area contributed by atoms with Crippen molar-refractivity contribution in [3.05, 3.63) is 48.2 Å². The Labute approximate surface area is 232 Å². The number of hydrogen-bond donors (Lipinski definition) is 3. The summed E-state index contributed by atoms with van der Waals surface area (Å²) in [6.07, 6.45) is -0.317. The molecule has 0 unspecified atom stereocenters. The summed E-state index contributed by atoms with van der Waals surface area (Å²) in [5.41, 5.74) is 1.97. The van der Waals surface area contributed by atoms with E-state index in [2.05, 4.69) is 41.5 Å². The number of methoxy groups -OCH3 is 1. The zero-order valence-corrected chi connectivity index (χ0v) is 23.5. The number of sulfonamides is 1. The van der Waals surface area contributed by atoms with E-state index in [0.717, 1.165) is 31.4 Å². The molecule has 0 radical (unpaired) electrons. The van der Waals surface area contributed by atoms with Crippen LogP contribution in [0.25, 0.3) is 10.9 Å². The third kappa shape index (κ3) is 7.21. The van der Waals surface area contributed by atoms with Crippen LogP contribution in [0, 0.1) is 11.8 Å². The number of aromatic nitrogens is 1. The number of benzene rings is 2. The molecule has 1 heterocycles. The van der Waals surface area contributed by atoms with Crippen LogP contribution >= 0.6 is 0 Å². The first kappa shape index (κ1) is 29.6. The van der Waals surface area contributed by atoms with Gasteiger partial charge in [-0.25, -0.2) is 13.6 Å². The van der Waals surface area contributed by atoms with E-state index < -0.39 is 22.7 Å². The van der Waals surface area contributed by atoms with Crippen molar-refractivity contribution < 1.29 is 26.3 Å². The SMILES string of the molecule is COc1cc(S(N)(=O)=O)ccc1NCC#Cc1cc2c(N[C@H]3CC[C@@H](N(C)C)CC3)cccc2n1CC(F)(F)F. The van der Waals surface area contributed by atoms with Gasteiger partial charge in [-0.05, 0) is 76.0 Å². The molecule has 0 atom stereocenters. The van der Waals surface area contributed by atoms with Crippen molar-refractivity contribution in [3.63, 3.8) is 0 Å². The smallest absolute Gasteiger partial charge is 0.406 e. The molecular formula is C28H34F3N5O3S. The summed E-state index contributed by atoms with van der Waals surface area (Å²) >= 11 is 0. The van der Waals surface area contributed by atoms with Crippen molar-refractivity contribution >= 4 is 32.3 Å². The summed E-state index contributed by atoms with van der Waals surface area (Å²) in [5, 5.41) is 12.4. The van der Waals surface area contributed by atoms with Gasteiger partial charge in [0.15, 0.2) is 0 Å². The zero-order chi connectivity index (χ0) is 29.1. The van der Waals surface area contributed by atoms with Gasteiger partial charge in [-0.2, -0.15) is 13.2 Å². The quantitative estimate of drug-likeness (QED) is 0.338. The molecule has 40 heavy (non-hydrogen) atoms. The van der Waals surface area contributed by atoms with Crippen LogP contribution in [-0.4, -0.2) is 63.9 Å². The second kappa shape index (κ2) is 12.0. The Balaban J connectivity index is 1.57. The van der Waals surface area contributed by atoms with Gasteiger partial charge in [0.05, 0.1) is 35.4 Å². The van der Waals surface area contributed by atoms with Gasteiger partial charge in [-0.1, -0.05) is 12.0 Å². The molecule has 216 valence electrons. The molecule has 4 N–H and O–H groups in total. The number of hydrogen-bond acceptors (Lipinski definition) is 6. The summed E-state index contributed by atoms with van der Waals surface area (Å²) in [5.74, 6) is 6.00. The summed E-state index contributed by atoms with van der Waals surface area (Å²) in [7, 11) is 1.65. The van der Waals surface area contributed by atoms with Crippen molar-refractivity contribution in [2.45, 2.75) is 55.4 Å². The lowest BCUT2D eigenvalue weighted by Crippen LogP contribution is -2.36. The van der Waals surface area contributed by atoms with E-state index in [-0.39, 0.29) is 28.9 Å². The molecule has 12 heteroatoms. The summed E-state index contributed by atoms with van der Waals surface area (Å²) in [4.78, 5) is 2.14. The summed E-state index contributed by atoms with van der Waals surface area (Å²) < 4.78 is 70.3. The Bertz CT molecular complexity index is 1520. The lowest BCUT2D eigenvalue weighted by atomic mass is 9.90. The van der Waals surface area contributed by atoms with Crippen molar-refractivity contribution in [1.29, 1.82) is 0 Å². The Hall–Kier alpha value is -3.40. The molecule has 1 saturated carbocycles. The molecular weight excluding hydrogens is 543 g/mol. The number of rotatable bonds is 8. The maximum Gasteiger partial charge on any atom is 0.406 e. The third-order valence-electron chi connectivity index (χ3n) is 7.15. The van der Waals surface area contributed by atoms with E-state index in [4.69, 9.17) is 9.88 Å². The fourth-order valence-electron chi connectivity index (χ4n) is 5.09. The highest BCUT2D eigenvalue weighted by Crippen LogP contribution is 2.32. The van der Waals surface area contributed by atoms with E-state index >= 15 is 0 Å². The van der Waals surface area contributed by atoms with Gasteiger partial charge in [0.2, 0.25) is 10.0 Å². The number of nitrogens with one attached hydrogen (secondary N) is 2. The Kier molecular flexibility index (Phi) is 8.87. The fraction of sp³-hybridized carbons (Fsp3) is 0.429. The Morgan fingerprint density at radius 2 is 1.82 bits per heavy atom. The first-order valence-corrected chi connectivity index (χ1v) is 14.5. The van der Waals surface area contributed by atoms with Gasteiger partial charge in [0.25, 0.3) is 0 Å². The van der Waals surface area contributed by atoms with Gasteiger partial charge in [0, 0.05) is 29.2 Å². The minimum atomic E-state index is -4.42. The van der Waals surface area contributed by atoms with Crippen molar-refractivity contribution in [3.8, 4) is 17.6 Å². The zero-order valence-electron chi connectivity index (χ0n) is 22.7. The molecule has 0 spiro atoms. The lowest BCUT2D eigenvalue weighted by Gasteiger charge is -2.33. The minimum Gasteiger partial charge on any atom is -0.495 e. The van der Waals surface area contributed by atoms with Crippen LogP contribution in [0.2, 0.25) is 0 Å². The largest absolute Gasteiger partial charge is 0.495 e. The number of ether oxygens (including phenoxy) is 1. The standard InChI is InChI=1S/C28H34F3N5O3S/c1-35(2)20-11-9-19(10-12-20)34-24-7-4-8-26-23(24)16-21(36(26)18-28(29,30)31)6-5-15-33-25-14-13-22(40(32,37)38)17-27(25)39-3/h4,7-8,13-14,16-17,19-20,33-34H,9-12,15,18H2,1-3H3,(H2,32,37,38)/t19-,20+. The molecule has 0 amide bonds. The van der Waals surface area contributed by atoms with Crippen molar-refractivity contribution in [1.82, 2.24) is 9.47 Å². The molecule has 3 aromatic rings. The second-order valence-electron chi connectivity index (χ2n) is 10.1. The predicted molar refractivity (Wildman–Crippen MR) is 151 cm³/mol. The Morgan fingerprint density at radius 1 is 1.10 bits per heavy atom. The molecule has 1 fully saturated rings. The number of nitrogens with two attached hydrogens (primary N) is 1. The number of alkyl halides is 3. The number of primary sulfonamides is 1. The highest BCUT2D eigenvalue weighted by Gasteiger charge is 2.30. The molecule has 1 aromatic heterocycles. The van der Waals surface area contributed by atoms with E-state index in [1.165, 1.54) is 29.9 Å². The molecule has 0 aliphatic heterocycles. The molecule has 1 aliphatic carbocycles. The minimum absolute atomic E-state index is 0.0822. The third-order valence-corrected chi connectivity index (χ3v) is 8.07. The van der Waals surface area contributed by atoms with Crippen molar-refractivity contribution in [2.24, 2.45) is 5.14 Å². The first-order chi connectivity index (χ1) is 18.9. The van der Waals surface area contributed by atoms with Gasteiger partial charge in [-0.15, -0.1) is 0 Å². The van der Waals surface area contributed by atoms with Gasteiger partial charge < -0.3 is 24.8 Å². The molecule has 0 bridgehead atoms. The van der Waals surface area contributed by atoms with Gasteiger partial charge >= 0.3 is 6.18 Å². The fourth-order valence-corrected chi connectivity index (χ4v) is 5.62. The maximum absolute atomic E-state index is 13.5. The van der Waals surface area contributed by atoms with Crippen molar-refractivity contribution in [2.75, 3.05) is 38.4 Å². The summed E-state index contributed by atoms with van der Waals surface area (Å²) in [6.45, 7) is -1.08. The second-order valence-corrected chi connectivity index (χ2v) is 11.7. The van der Waals surface area contributed by atoms with Crippen LogP contribution in [0.4, 0.5) is 24.5 Å². The average Bonchev–Trinajstić information content (AvgIpc) is 3.23. The number of fused-ring (bicyclic) bond motifs is 1. The molecule has 8 nitrogen and oxygen atoms in total. The number of nitrogens with zero attached hydrogens (tertiary/aromatic N) is 2. The van der Waals surface area contributed by atoms with Crippen LogP contribution in [0.1, 0.15) is 31.4 Å². The van der Waals surface area contributed by atoms with Crippen LogP contribution in [0.15, 0.2) is 47.4 Å². The van der Waals surface area contributed by atoms with Crippen LogP contribution in [-0.2, 0) is 16.6 Å². The predicted octanol–water partition coefficient (Wildman–Crippen LogP) is 4.61. The van der Waals surface area contributed by atoms with Crippen LogP contribution < -0.4 is 20.5 Å². The number of anilines is 2. The molecule has 0 saturated heterocycles. The van der Waals surface area contributed by atoms with E-state index in [0.29, 0.717) is 22.6 Å². The highest BCUT2D eigenvalue weighted by atomic mass is 32.2. The van der Waals surface area contributed by atoms with Crippen LogP contribution in [0.3, 0.4) is 0 Å².